The van der Waals surface area contributed by atoms with Crippen molar-refractivity contribution in [3.05, 3.63) is 0 Å². The van der Waals surface area contributed by atoms with Crippen molar-refractivity contribution in [2.24, 2.45) is 0 Å². The van der Waals surface area contributed by atoms with Gasteiger partial charge in [0.05, 0.1) is 13.2 Å². The number of nitrogens with one attached hydrogen (secondary N) is 1. The second kappa shape index (κ2) is 28.9. The Hall–Kier alpha value is -1.52. The van der Waals surface area contributed by atoms with E-state index in [0.717, 1.165) is 19.3 Å². The van der Waals surface area contributed by atoms with Crippen molar-refractivity contribution in [1.82, 2.24) is 5.32 Å². The van der Waals surface area contributed by atoms with Gasteiger partial charge in [-0.1, -0.05) is 136 Å². The van der Waals surface area contributed by atoms with Gasteiger partial charge in [0.2, 0.25) is 5.91 Å². The Morgan fingerprint density at radius 3 is 1.48 bits per heavy atom. The van der Waals surface area contributed by atoms with Gasteiger partial charge in [-0.05, 0) is 6.42 Å². The maximum atomic E-state index is 11.9. The molecule has 4 N–H and O–H groups in total. The predicted molar refractivity (Wildman–Crippen MR) is 171 cm³/mol. The third-order valence-electron chi connectivity index (χ3n) is 7.46. The fraction of sp³-hybridized carbons (Fsp3) is 0.906. The summed E-state index contributed by atoms with van der Waals surface area (Å²) in [6.07, 6.45) is 24.5. The summed E-state index contributed by atoms with van der Waals surface area (Å²) in [4.78, 5) is 44.1. The number of unbranched alkanes of at least 4 members (excludes halogenated alkanes) is 19. The van der Waals surface area contributed by atoms with E-state index in [2.05, 4.69) is 21.3 Å². The van der Waals surface area contributed by atoms with Crippen LogP contribution in [0.15, 0.2) is 0 Å². The monoisotopic (exact) mass is 651 g/mol. The first kappa shape index (κ1) is 42.5. The van der Waals surface area contributed by atoms with Crippen molar-refractivity contribution in [1.29, 1.82) is 0 Å². The fourth-order valence-corrected chi connectivity index (χ4v) is 5.46. The highest BCUT2D eigenvalue weighted by Gasteiger charge is 2.28. The largest absolute Gasteiger partial charge is 0.480 e. The van der Waals surface area contributed by atoms with Crippen molar-refractivity contribution < 1.29 is 47.8 Å². The van der Waals surface area contributed by atoms with E-state index in [4.69, 9.17) is 9.84 Å². The third-order valence-corrected chi connectivity index (χ3v) is 8.41. The molecule has 0 fully saturated rings. The average Bonchev–Trinajstić information content (AvgIpc) is 2.99. The highest BCUT2D eigenvalue weighted by molar-refractivity contribution is 7.47. The van der Waals surface area contributed by atoms with E-state index in [1.54, 1.807) is 0 Å². The number of amides is 1. The van der Waals surface area contributed by atoms with Crippen LogP contribution in [0.25, 0.3) is 0 Å². The van der Waals surface area contributed by atoms with E-state index in [0.29, 0.717) is 6.42 Å². The number of rotatable bonds is 32. The molecule has 0 radical (unpaired) electrons. The number of carbonyl (C=O) groups excluding carboxylic acids is 2. The second-order valence-electron chi connectivity index (χ2n) is 11.7. The minimum atomic E-state index is -4.71. The first-order chi connectivity index (χ1) is 21.1. The summed E-state index contributed by atoms with van der Waals surface area (Å²) < 4.78 is 26.2. The number of esters is 1. The Kier molecular flexibility index (Phi) is 27.9. The normalized spacial score (nSPS) is 14.1. The van der Waals surface area contributed by atoms with Crippen molar-refractivity contribution in [3.63, 3.8) is 0 Å². The molecule has 3 atom stereocenters. The highest BCUT2D eigenvalue weighted by atomic mass is 31.2. The topological polar surface area (TPSA) is 169 Å². The lowest BCUT2D eigenvalue weighted by atomic mass is 10.0. The van der Waals surface area contributed by atoms with Gasteiger partial charge in [0.25, 0.3) is 0 Å². The summed E-state index contributed by atoms with van der Waals surface area (Å²) in [5, 5.41) is 21.1. The fourth-order valence-electron chi connectivity index (χ4n) is 4.69. The van der Waals surface area contributed by atoms with Gasteiger partial charge >= 0.3 is 19.8 Å². The van der Waals surface area contributed by atoms with E-state index < -0.39 is 57.6 Å². The molecule has 0 aromatic rings. The molecule has 0 heterocycles. The first-order valence-corrected chi connectivity index (χ1v) is 18.6. The molecule has 0 saturated heterocycles. The lowest BCUT2D eigenvalue weighted by molar-refractivity contribution is -0.147. The molecule has 1 amide bonds. The lowest BCUT2D eigenvalue weighted by Crippen LogP contribution is -2.43. The van der Waals surface area contributed by atoms with Gasteiger partial charge in [0, 0.05) is 12.8 Å². The number of phosphoric acid groups is 1. The molecule has 0 aromatic carbocycles. The van der Waals surface area contributed by atoms with Crippen LogP contribution >= 0.6 is 7.82 Å². The molecule has 0 spiro atoms. The van der Waals surface area contributed by atoms with Gasteiger partial charge in [0.1, 0.15) is 12.7 Å². The smallest absolute Gasteiger partial charge is 0.472 e. The van der Waals surface area contributed by atoms with Crippen LogP contribution in [0.5, 0.6) is 0 Å². The lowest BCUT2D eigenvalue weighted by Gasteiger charge is -2.18. The van der Waals surface area contributed by atoms with Crippen LogP contribution < -0.4 is 5.32 Å². The number of hydrogen-bond acceptors (Lipinski definition) is 8. The van der Waals surface area contributed by atoms with Gasteiger partial charge in [0.15, 0.2) is 6.04 Å². The van der Waals surface area contributed by atoms with Crippen molar-refractivity contribution >= 4 is 25.7 Å². The second-order valence-corrected chi connectivity index (χ2v) is 13.1. The third kappa shape index (κ3) is 28.0. The van der Waals surface area contributed by atoms with Crippen LogP contribution in [0, 0.1) is 0 Å². The molecule has 0 aliphatic carbocycles. The number of aliphatic hydroxyl groups is 1. The van der Waals surface area contributed by atoms with Gasteiger partial charge in [-0.15, -0.1) is 0 Å². The molecule has 3 unspecified atom stereocenters. The van der Waals surface area contributed by atoms with Crippen LogP contribution in [-0.2, 0) is 32.7 Å². The van der Waals surface area contributed by atoms with Crippen LogP contribution in [0.2, 0.25) is 0 Å². The molecule has 11 nitrogen and oxygen atoms in total. The van der Waals surface area contributed by atoms with Crippen molar-refractivity contribution in [2.45, 2.75) is 167 Å². The summed E-state index contributed by atoms with van der Waals surface area (Å²) in [5.41, 5.74) is 0. The number of ether oxygens (including phenoxy) is 1. The summed E-state index contributed by atoms with van der Waals surface area (Å²) in [6.45, 7) is 1.90. The zero-order chi connectivity index (χ0) is 32.9. The number of carbonyl (C=O) groups is 3. The number of hydrogen-bond donors (Lipinski definition) is 4. The van der Waals surface area contributed by atoms with Gasteiger partial charge in [-0.3, -0.25) is 18.6 Å². The minimum Gasteiger partial charge on any atom is -0.480 e. The van der Waals surface area contributed by atoms with Crippen molar-refractivity contribution in [3.8, 4) is 0 Å². The molecule has 0 aliphatic heterocycles. The summed E-state index contributed by atoms with van der Waals surface area (Å²) in [7, 11) is -4.71. The number of carboxylic acid groups (broad SMARTS) is 1. The van der Waals surface area contributed by atoms with Crippen LogP contribution in [0.1, 0.15) is 155 Å². The Balaban J connectivity index is 3.62. The summed E-state index contributed by atoms with van der Waals surface area (Å²) >= 11 is 0. The molecule has 0 bridgehead atoms. The molecular formula is C32H62NO10P. The van der Waals surface area contributed by atoms with Gasteiger partial charge in [-0.2, -0.15) is 0 Å². The number of aliphatic carboxylic acids is 1. The quantitative estimate of drug-likeness (QED) is 0.0331. The first-order valence-electron chi connectivity index (χ1n) is 17.1. The Bertz CT molecular complexity index is 782. The molecule has 0 saturated carbocycles. The van der Waals surface area contributed by atoms with Gasteiger partial charge in [-0.25, -0.2) is 9.36 Å². The van der Waals surface area contributed by atoms with Gasteiger partial charge < -0.3 is 25.2 Å². The molecule has 0 aromatic heterocycles. The summed E-state index contributed by atoms with van der Waals surface area (Å²) in [6, 6.07) is -1.54. The minimum absolute atomic E-state index is 0.0293. The van der Waals surface area contributed by atoms with Crippen LogP contribution in [-0.4, -0.2) is 64.9 Å². The molecule has 260 valence electrons. The van der Waals surface area contributed by atoms with Crippen LogP contribution in [0.3, 0.4) is 0 Å². The van der Waals surface area contributed by atoms with E-state index >= 15 is 0 Å². The Morgan fingerprint density at radius 2 is 1.07 bits per heavy atom. The van der Waals surface area contributed by atoms with E-state index in [9.17, 15) is 28.9 Å². The average molecular weight is 652 g/mol. The predicted octanol–water partition coefficient (Wildman–Crippen LogP) is 7.22. The molecule has 44 heavy (non-hydrogen) atoms. The molecule has 12 heteroatoms. The maximum Gasteiger partial charge on any atom is 0.472 e. The van der Waals surface area contributed by atoms with E-state index in [1.807, 2.05) is 0 Å². The highest BCUT2D eigenvalue weighted by Crippen LogP contribution is 2.43. The SMILES string of the molecule is CCCCCCCCCCCCCCCCCCCCCCC(=O)OCC(O)COP(=O)(O)OCC(NC(=O)CC)C(=O)O. The van der Waals surface area contributed by atoms with Crippen LogP contribution in [0.4, 0.5) is 0 Å². The number of aliphatic hydroxyl groups excluding tert-OH is 1. The molecular weight excluding hydrogens is 589 g/mol. The Labute approximate surface area is 265 Å². The maximum absolute atomic E-state index is 11.9. The zero-order valence-corrected chi connectivity index (χ0v) is 28.4. The molecule has 0 aliphatic rings. The van der Waals surface area contributed by atoms with Crippen molar-refractivity contribution in [2.75, 3.05) is 19.8 Å². The number of carboxylic acids is 1. The zero-order valence-electron chi connectivity index (χ0n) is 27.5. The van der Waals surface area contributed by atoms with E-state index in [1.165, 1.54) is 110 Å². The molecule has 0 rings (SSSR count). The van der Waals surface area contributed by atoms with E-state index in [-0.39, 0.29) is 12.8 Å². The number of phosphoric ester groups is 1. The standard InChI is InChI=1S/C32H62NO10P/c1-3-5-6-7-8-9-10-11-12-13-14-15-16-17-18-19-20-21-22-23-24-31(36)41-25-28(34)26-42-44(39,40)43-27-29(32(37)38)33-30(35)4-2/h28-29,34H,3-27H2,1-2H3,(H,33,35)(H,37,38)(H,39,40). The Morgan fingerprint density at radius 1 is 0.659 bits per heavy atom. The summed E-state index contributed by atoms with van der Waals surface area (Å²) in [5.74, 6) is -2.48.